The Kier molecular flexibility index (Phi) is 14.9. The number of sulfonamides is 1. The summed E-state index contributed by atoms with van der Waals surface area (Å²) in [5.41, 5.74) is 7.80. The Labute approximate surface area is 326 Å². The number of nitrogens with zero attached hydrogens (tertiary/aromatic N) is 1. The van der Waals surface area contributed by atoms with Crippen LogP contribution in [0.25, 0.3) is 0 Å². The highest BCUT2D eigenvalue weighted by molar-refractivity contribution is 7.89. The van der Waals surface area contributed by atoms with Crippen molar-refractivity contribution >= 4 is 39.5 Å². The van der Waals surface area contributed by atoms with Crippen LogP contribution in [-0.4, -0.2) is 128 Å². The van der Waals surface area contributed by atoms with E-state index in [9.17, 15) is 42.9 Å². The third-order valence-electron chi connectivity index (χ3n) is 10.0. The number of nitrogen functional groups attached to an aromatic ring is 1. The van der Waals surface area contributed by atoms with Crippen molar-refractivity contribution in [2.75, 3.05) is 26.8 Å². The van der Waals surface area contributed by atoms with Crippen molar-refractivity contribution in [3.05, 3.63) is 58.1 Å². The average molecular weight is 804 g/mol. The Morgan fingerprint density at radius 3 is 2.30 bits per heavy atom. The maximum Gasteiger partial charge on any atom is 0.245 e. The van der Waals surface area contributed by atoms with Crippen molar-refractivity contribution in [1.82, 2.24) is 25.6 Å². The maximum absolute atomic E-state index is 14.3. The van der Waals surface area contributed by atoms with Crippen LogP contribution in [0.15, 0.2) is 35.2 Å². The van der Waals surface area contributed by atoms with Gasteiger partial charge in [-0.3, -0.25) is 24.6 Å². The van der Waals surface area contributed by atoms with E-state index in [1.807, 2.05) is 0 Å². The van der Waals surface area contributed by atoms with E-state index in [1.54, 1.807) is 49.9 Å². The number of likely N-dealkylation sites (tertiary alicyclic amines) is 1. The molecule has 0 spiro atoms. The Morgan fingerprint density at radius 1 is 1.02 bits per heavy atom. The zero-order valence-corrected chi connectivity index (χ0v) is 32.9. The molecule has 0 saturated carbocycles. The van der Waals surface area contributed by atoms with Gasteiger partial charge in [0.1, 0.15) is 48.0 Å². The van der Waals surface area contributed by atoms with E-state index in [0.29, 0.717) is 46.7 Å². The molecule has 7 atom stereocenters. The van der Waals surface area contributed by atoms with Crippen LogP contribution < -0.4 is 31.1 Å². The molecule has 19 heteroatoms. The molecule has 2 aromatic rings. The lowest BCUT2D eigenvalue weighted by Crippen LogP contribution is -2.68. The standard InChI is InChI=1S/C37H53N7O11S/c1-19-14-27(54-5)20(2)21(3)33(19)56(52,53)43-25(17-29(47)42-36-30(40-22(4)46)32(49)31(48)28(18-45)55-36)35(50)41-26(37(51)44-12-7-6-8-13-44)16-23-10-9-11-24(15-23)34(38)39/h9-11,14-15,25-26,28,30-32,36,43,45,48-49H,6-8,12-13,16-18H2,1-5H3,(H3,38,39)(H,40,46)(H,41,50)(H,42,47)/t25-,26-,28?,30?,31?,32?,36?/m0/s1. The average Bonchev–Trinajstić information content (AvgIpc) is 3.15. The summed E-state index contributed by atoms with van der Waals surface area (Å²) < 4.78 is 41.7. The van der Waals surface area contributed by atoms with Crippen molar-refractivity contribution in [3.63, 3.8) is 0 Å². The lowest BCUT2D eigenvalue weighted by molar-refractivity contribution is -0.203. The normalized spacial score (nSPS) is 22.4. The van der Waals surface area contributed by atoms with E-state index in [1.165, 1.54) is 13.2 Å². The lowest BCUT2D eigenvalue weighted by atomic mass is 9.95. The number of amides is 4. The molecule has 308 valence electrons. The monoisotopic (exact) mass is 803 g/mol. The Bertz CT molecular complexity index is 1900. The second-order valence-electron chi connectivity index (χ2n) is 14.2. The number of aliphatic hydroxyl groups excluding tert-OH is 3. The summed E-state index contributed by atoms with van der Waals surface area (Å²) in [6.45, 7) is 6.05. The fraction of sp³-hybridized carbons (Fsp3) is 0.541. The second kappa shape index (κ2) is 19.0. The molecular weight excluding hydrogens is 751 g/mol. The first kappa shape index (κ1) is 44.1. The van der Waals surface area contributed by atoms with Crippen LogP contribution >= 0.6 is 0 Å². The molecule has 0 aliphatic carbocycles. The van der Waals surface area contributed by atoms with Gasteiger partial charge < -0.3 is 51.4 Å². The molecule has 0 aromatic heterocycles. The van der Waals surface area contributed by atoms with Gasteiger partial charge in [-0.05, 0) is 74.4 Å². The van der Waals surface area contributed by atoms with E-state index in [4.69, 9.17) is 20.6 Å². The first-order valence-corrected chi connectivity index (χ1v) is 19.7. The van der Waals surface area contributed by atoms with Crippen molar-refractivity contribution in [3.8, 4) is 5.75 Å². The molecule has 4 amide bonds. The number of carbonyl (C=O) groups excluding carboxylic acids is 4. The summed E-state index contributed by atoms with van der Waals surface area (Å²) in [6.07, 6.45) is -4.73. The fourth-order valence-corrected chi connectivity index (χ4v) is 8.75. The number of carbonyl (C=O) groups is 4. The van der Waals surface area contributed by atoms with Crippen molar-refractivity contribution < 1.29 is 52.4 Å². The van der Waals surface area contributed by atoms with Gasteiger partial charge in [-0.2, -0.15) is 4.72 Å². The number of hydrogen-bond acceptors (Lipinski definition) is 12. The summed E-state index contributed by atoms with van der Waals surface area (Å²) in [6, 6.07) is 3.64. The van der Waals surface area contributed by atoms with Crippen molar-refractivity contribution in [2.24, 2.45) is 5.73 Å². The highest BCUT2D eigenvalue weighted by Crippen LogP contribution is 2.31. The van der Waals surface area contributed by atoms with E-state index < -0.39 is 89.3 Å². The Hall–Kier alpha value is -4.66. The molecule has 10 N–H and O–H groups in total. The molecule has 2 aromatic carbocycles. The van der Waals surface area contributed by atoms with Gasteiger partial charge in [0.25, 0.3) is 0 Å². The molecule has 5 unspecified atom stereocenters. The zero-order chi connectivity index (χ0) is 41.5. The summed E-state index contributed by atoms with van der Waals surface area (Å²) >= 11 is 0. The Balaban J connectivity index is 1.71. The van der Waals surface area contributed by atoms with Crippen LogP contribution in [0.2, 0.25) is 0 Å². The van der Waals surface area contributed by atoms with E-state index in [-0.39, 0.29) is 17.2 Å². The number of nitrogens with two attached hydrogens (primary N) is 1. The molecule has 2 aliphatic rings. The summed E-state index contributed by atoms with van der Waals surface area (Å²) in [5, 5.41) is 46.2. The Morgan fingerprint density at radius 2 is 1.70 bits per heavy atom. The maximum atomic E-state index is 14.3. The minimum absolute atomic E-state index is 0.0547. The predicted molar refractivity (Wildman–Crippen MR) is 203 cm³/mol. The molecule has 2 saturated heterocycles. The molecule has 2 aliphatic heterocycles. The molecule has 18 nitrogen and oxygen atoms in total. The van der Waals surface area contributed by atoms with Crippen molar-refractivity contribution in [2.45, 2.75) is 107 Å². The minimum atomic E-state index is -4.57. The van der Waals surface area contributed by atoms with Gasteiger partial charge in [0.05, 0.1) is 25.0 Å². The van der Waals surface area contributed by atoms with E-state index in [2.05, 4.69) is 20.7 Å². The summed E-state index contributed by atoms with van der Waals surface area (Å²) in [5.74, 6) is -2.84. The number of methoxy groups -OCH3 is 1. The highest BCUT2D eigenvalue weighted by Gasteiger charge is 2.46. The van der Waals surface area contributed by atoms with Crippen LogP contribution in [0.4, 0.5) is 0 Å². The number of aryl methyl sites for hydroxylation is 1. The van der Waals surface area contributed by atoms with E-state index in [0.717, 1.165) is 26.2 Å². The van der Waals surface area contributed by atoms with Gasteiger partial charge in [-0.25, -0.2) is 8.42 Å². The highest BCUT2D eigenvalue weighted by atomic mass is 32.2. The molecule has 0 bridgehead atoms. The van der Waals surface area contributed by atoms with Gasteiger partial charge in [0, 0.05) is 32.0 Å². The van der Waals surface area contributed by atoms with Gasteiger partial charge in [-0.1, -0.05) is 18.2 Å². The first-order valence-electron chi connectivity index (χ1n) is 18.3. The molecule has 2 heterocycles. The van der Waals surface area contributed by atoms with Crippen LogP contribution in [0.5, 0.6) is 5.75 Å². The van der Waals surface area contributed by atoms with Crippen LogP contribution in [0.1, 0.15) is 60.4 Å². The zero-order valence-electron chi connectivity index (χ0n) is 32.1. The van der Waals surface area contributed by atoms with Crippen LogP contribution in [0.3, 0.4) is 0 Å². The third-order valence-corrected chi connectivity index (χ3v) is 11.8. The number of nitrogens with one attached hydrogen (secondary N) is 5. The number of rotatable bonds is 15. The number of amidine groups is 1. The predicted octanol–water partition coefficient (Wildman–Crippen LogP) is -1.26. The SMILES string of the molecule is COc1cc(C)c(S(=O)(=O)N[C@@H](CC(=O)NC2OC(CO)C(O)C(O)C2NC(C)=O)C(=O)N[C@@H](Cc2cccc(C(=N)N)c2)C(=O)N2CCCCC2)c(C)c1C. The van der Waals surface area contributed by atoms with Crippen LogP contribution in [0, 0.1) is 26.2 Å². The van der Waals surface area contributed by atoms with Gasteiger partial charge in [0.2, 0.25) is 33.7 Å². The molecule has 4 rings (SSSR count). The lowest BCUT2D eigenvalue weighted by Gasteiger charge is -2.42. The first-order chi connectivity index (χ1) is 26.4. The second-order valence-corrected chi connectivity index (χ2v) is 15.8. The van der Waals surface area contributed by atoms with Crippen molar-refractivity contribution in [1.29, 1.82) is 5.41 Å². The summed E-state index contributed by atoms with van der Waals surface area (Å²) in [7, 11) is -3.13. The quantitative estimate of drug-likeness (QED) is 0.0754. The largest absolute Gasteiger partial charge is 0.496 e. The third kappa shape index (κ3) is 10.6. The minimum Gasteiger partial charge on any atom is -0.496 e. The smallest absolute Gasteiger partial charge is 0.245 e. The van der Waals surface area contributed by atoms with Gasteiger partial charge in [-0.15, -0.1) is 0 Å². The number of piperidine rings is 1. The number of aliphatic hydroxyl groups is 3. The topological polar surface area (TPSA) is 283 Å². The van der Waals surface area contributed by atoms with Gasteiger partial charge >= 0.3 is 0 Å². The van der Waals surface area contributed by atoms with Gasteiger partial charge in [0.15, 0.2) is 6.23 Å². The number of hydrogen-bond donors (Lipinski definition) is 9. The summed E-state index contributed by atoms with van der Waals surface area (Å²) in [4.78, 5) is 55.5. The number of ether oxygens (including phenoxy) is 2. The molecule has 0 radical (unpaired) electrons. The number of benzene rings is 2. The molecule has 2 fully saturated rings. The van der Waals surface area contributed by atoms with Crippen LogP contribution in [-0.2, 0) is 40.4 Å². The fourth-order valence-electron chi connectivity index (χ4n) is 7.03. The molecular formula is C37H53N7O11S. The molecule has 56 heavy (non-hydrogen) atoms. The van der Waals surface area contributed by atoms with E-state index >= 15 is 0 Å².